The van der Waals surface area contributed by atoms with Crippen LogP contribution in [0.5, 0.6) is 0 Å². The Labute approximate surface area is 165 Å². The SMILES string of the molecule is CCCCCCCCCCCCCCCCCOP(=O)(O)O.[NaH]. The van der Waals surface area contributed by atoms with Gasteiger partial charge in [-0.1, -0.05) is 96.8 Å². The standard InChI is InChI=1S/C17H37O4P.Na.H/c1-2-3-4-5-6-7-8-9-10-11-12-13-14-15-16-17-21-22(18,19)20;;/h2-17H2,1H3,(H2,18,19,20);;. The van der Waals surface area contributed by atoms with Crippen molar-refractivity contribution in [3.05, 3.63) is 0 Å². The molecule has 4 nitrogen and oxygen atoms in total. The molecule has 0 spiro atoms. The molecule has 136 valence electrons. The first-order chi connectivity index (χ1) is 10.6. The number of rotatable bonds is 17. The molecule has 0 radical (unpaired) electrons. The summed E-state index contributed by atoms with van der Waals surface area (Å²) in [6.45, 7) is 2.43. The van der Waals surface area contributed by atoms with Gasteiger partial charge in [0.1, 0.15) is 0 Å². The van der Waals surface area contributed by atoms with Crippen molar-refractivity contribution in [3.8, 4) is 0 Å². The first-order valence-electron chi connectivity index (χ1n) is 9.26. The summed E-state index contributed by atoms with van der Waals surface area (Å²) >= 11 is 0. The van der Waals surface area contributed by atoms with E-state index in [0.29, 0.717) is 0 Å². The Morgan fingerprint density at radius 1 is 0.652 bits per heavy atom. The molecule has 0 rings (SSSR count). The summed E-state index contributed by atoms with van der Waals surface area (Å²) in [5, 5.41) is 0. The quantitative estimate of drug-likeness (QED) is 0.209. The second-order valence-electron chi connectivity index (χ2n) is 6.27. The van der Waals surface area contributed by atoms with Crippen LogP contribution in [-0.2, 0) is 9.09 Å². The second-order valence-corrected chi connectivity index (χ2v) is 7.51. The third-order valence-corrected chi connectivity index (χ3v) is 4.53. The molecule has 0 aliphatic rings. The number of hydrogen-bond acceptors (Lipinski definition) is 2. The van der Waals surface area contributed by atoms with Crippen LogP contribution in [0.2, 0.25) is 0 Å². The van der Waals surface area contributed by atoms with E-state index in [1.54, 1.807) is 0 Å². The van der Waals surface area contributed by atoms with E-state index >= 15 is 0 Å². The zero-order valence-corrected chi connectivity index (χ0v) is 15.4. The van der Waals surface area contributed by atoms with Gasteiger partial charge in [-0.25, -0.2) is 4.57 Å². The van der Waals surface area contributed by atoms with Gasteiger partial charge in [0, 0.05) is 0 Å². The topological polar surface area (TPSA) is 66.8 Å². The van der Waals surface area contributed by atoms with E-state index in [-0.39, 0.29) is 36.2 Å². The maximum absolute atomic E-state index is 10.5. The minimum absolute atomic E-state index is 0. The van der Waals surface area contributed by atoms with Crippen molar-refractivity contribution < 1.29 is 18.9 Å². The maximum atomic E-state index is 10.5. The average Bonchev–Trinajstić information content (AvgIpc) is 2.45. The molecule has 0 aromatic rings. The van der Waals surface area contributed by atoms with Crippen LogP contribution in [0.1, 0.15) is 103 Å². The molecule has 0 aromatic heterocycles. The fourth-order valence-corrected chi connectivity index (χ4v) is 3.02. The number of phosphoric acid groups is 1. The summed E-state index contributed by atoms with van der Waals surface area (Å²) in [7, 11) is -4.25. The Kier molecular flexibility index (Phi) is 22.3. The Morgan fingerprint density at radius 3 is 1.26 bits per heavy atom. The van der Waals surface area contributed by atoms with Crippen LogP contribution in [0.4, 0.5) is 0 Å². The van der Waals surface area contributed by atoms with Crippen LogP contribution in [0.15, 0.2) is 0 Å². The molecule has 0 aliphatic carbocycles. The van der Waals surface area contributed by atoms with Gasteiger partial charge in [0.05, 0.1) is 6.61 Å². The van der Waals surface area contributed by atoms with Crippen LogP contribution in [0.3, 0.4) is 0 Å². The van der Waals surface area contributed by atoms with E-state index in [2.05, 4.69) is 11.4 Å². The molecule has 0 amide bonds. The molecular weight excluding hydrogens is 322 g/mol. The fraction of sp³-hybridized carbons (Fsp3) is 1.00. The van der Waals surface area contributed by atoms with Gasteiger partial charge in [-0.2, -0.15) is 0 Å². The van der Waals surface area contributed by atoms with Crippen LogP contribution in [0, 0.1) is 0 Å². The van der Waals surface area contributed by atoms with E-state index < -0.39 is 7.82 Å². The molecule has 0 aromatic carbocycles. The van der Waals surface area contributed by atoms with Crippen LogP contribution >= 0.6 is 7.82 Å². The summed E-state index contributed by atoms with van der Waals surface area (Å²) in [4.78, 5) is 17.0. The van der Waals surface area contributed by atoms with Crippen molar-refractivity contribution >= 4 is 37.4 Å². The molecule has 0 fully saturated rings. The van der Waals surface area contributed by atoms with Crippen molar-refractivity contribution in [1.82, 2.24) is 0 Å². The molecule has 0 aliphatic heterocycles. The van der Waals surface area contributed by atoms with Crippen molar-refractivity contribution in [3.63, 3.8) is 0 Å². The average molecular weight is 360 g/mol. The van der Waals surface area contributed by atoms with E-state index in [1.165, 1.54) is 77.0 Å². The van der Waals surface area contributed by atoms with Crippen LogP contribution < -0.4 is 0 Å². The predicted molar refractivity (Wildman–Crippen MR) is 100 cm³/mol. The van der Waals surface area contributed by atoms with Crippen molar-refractivity contribution in [2.75, 3.05) is 6.61 Å². The number of hydrogen-bond donors (Lipinski definition) is 2. The predicted octanol–water partition coefficient (Wildman–Crippen LogP) is 5.32. The molecule has 23 heavy (non-hydrogen) atoms. The molecule has 0 atom stereocenters. The molecular formula is C17H38NaO4P. The van der Waals surface area contributed by atoms with E-state index in [1.807, 2.05) is 0 Å². The van der Waals surface area contributed by atoms with E-state index in [4.69, 9.17) is 9.79 Å². The number of phosphoric ester groups is 1. The molecule has 0 heterocycles. The van der Waals surface area contributed by atoms with Gasteiger partial charge in [-0.15, -0.1) is 0 Å². The summed E-state index contributed by atoms with van der Waals surface area (Å²) in [5.41, 5.74) is 0. The molecule has 6 heteroatoms. The Balaban J connectivity index is 0. The third-order valence-electron chi connectivity index (χ3n) is 4.01. The van der Waals surface area contributed by atoms with Gasteiger partial charge >= 0.3 is 37.4 Å². The minimum atomic E-state index is -4.25. The Bertz CT molecular complexity index is 271. The molecule has 0 saturated heterocycles. The van der Waals surface area contributed by atoms with Gasteiger partial charge in [-0.3, -0.25) is 4.52 Å². The summed E-state index contributed by atoms with van der Waals surface area (Å²) < 4.78 is 14.9. The van der Waals surface area contributed by atoms with Crippen LogP contribution in [0.25, 0.3) is 0 Å². The summed E-state index contributed by atoms with van der Waals surface area (Å²) in [5.74, 6) is 0. The molecule has 2 N–H and O–H groups in total. The normalized spacial score (nSPS) is 11.4. The van der Waals surface area contributed by atoms with Crippen molar-refractivity contribution in [1.29, 1.82) is 0 Å². The van der Waals surface area contributed by atoms with Crippen molar-refractivity contribution in [2.24, 2.45) is 0 Å². The molecule has 0 unspecified atom stereocenters. The molecule has 0 bridgehead atoms. The first kappa shape index (κ1) is 26.3. The summed E-state index contributed by atoms with van der Waals surface area (Å²) in [6.07, 6.45) is 19.2. The van der Waals surface area contributed by atoms with Gasteiger partial charge in [-0.05, 0) is 6.42 Å². The fourth-order valence-electron chi connectivity index (χ4n) is 2.66. The Hall–Kier alpha value is 1.11. The monoisotopic (exact) mass is 360 g/mol. The first-order valence-corrected chi connectivity index (χ1v) is 10.8. The van der Waals surface area contributed by atoms with E-state index in [0.717, 1.165) is 19.3 Å². The third kappa shape index (κ3) is 25.5. The van der Waals surface area contributed by atoms with Crippen LogP contribution in [-0.4, -0.2) is 46.0 Å². The van der Waals surface area contributed by atoms with E-state index in [9.17, 15) is 4.57 Å². The second kappa shape index (κ2) is 19.4. The van der Waals surface area contributed by atoms with Gasteiger partial charge in [0.25, 0.3) is 0 Å². The van der Waals surface area contributed by atoms with Gasteiger partial charge < -0.3 is 9.79 Å². The zero-order chi connectivity index (χ0) is 16.5. The number of unbranched alkanes of at least 4 members (excludes halogenated alkanes) is 14. The zero-order valence-electron chi connectivity index (χ0n) is 14.5. The van der Waals surface area contributed by atoms with Gasteiger partial charge in [0.2, 0.25) is 0 Å². The Morgan fingerprint density at radius 2 is 0.957 bits per heavy atom. The summed E-state index contributed by atoms with van der Waals surface area (Å²) in [6, 6.07) is 0. The molecule has 0 saturated carbocycles. The van der Waals surface area contributed by atoms with Gasteiger partial charge in [0.15, 0.2) is 0 Å². The van der Waals surface area contributed by atoms with Crippen molar-refractivity contribution in [2.45, 2.75) is 103 Å².